The van der Waals surface area contributed by atoms with Crippen molar-refractivity contribution in [2.24, 2.45) is 0 Å². The van der Waals surface area contributed by atoms with Crippen LogP contribution in [0.5, 0.6) is 5.88 Å². The van der Waals surface area contributed by atoms with Gasteiger partial charge in [0.1, 0.15) is 11.9 Å². The van der Waals surface area contributed by atoms with Gasteiger partial charge in [-0.15, -0.1) is 11.8 Å². The average molecular weight is 506 g/mol. The molecule has 1 fully saturated rings. The first-order chi connectivity index (χ1) is 17.6. The van der Waals surface area contributed by atoms with Gasteiger partial charge in [-0.05, 0) is 24.6 Å². The fourth-order valence-electron chi connectivity index (χ4n) is 4.40. The predicted octanol–water partition coefficient (Wildman–Crippen LogP) is 1.98. The summed E-state index contributed by atoms with van der Waals surface area (Å²) in [5, 5.41) is 15.9. The third-order valence-electron chi connectivity index (χ3n) is 6.23. The number of nitrogens with one attached hydrogen (secondary N) is 2. The highest BCUT2D eigenvalue weighted by Gasteiger charge is 2.22. The van der Waals surface area contributed by atoms with Crippen molar-refractivity contribution >= 4 is 34.5 Å². The number of hydrogen-bond acceptors (Lipinski definition) is 10. The van der Waals surface area contributed by atoms with Crippen LogP contribution in [0.2, 0.25) is 0 Å². The lowest BCUT2D eigenvalue weighted by atomic mass is 10.0. The van der Waals surface area contributed by atoms with Crippen molar-refractivity contribution in [3.63, 3.8) is 0 Å². The fourth-order valence-corrected chi connectivity index (χ4v) is 5.16. The van der Waals surface area contributed by atoms with Gasteiger partial charge in [0.25, 0.3) is 0 Å². The Bertz CT molecular complexity index is 1310. The molecule has 186 valence electrons. The minimum absolute atomic E-state index is 0.0163. The van der Waals surface area contributed by atoms with Crippen molar-refractivity contribution in [1.29, 1.82) is 5.26 Å². The summed E-state index contributed by atoms with van der Waals surface area (Å²) in [4.78, 5) is 28.5. The van der Waals surface area contributed by atoms with Crippen molar-refractivity contribution in [2.45, 2.75) is 24.0 Å². The lowest BCUT2D eigenvalue weighted by Gasteiger charge is -2.33. The Balaban J connectivity index is 1.17. The van der Waals surface area contributed by atoms with Gasteiger partial charge in [-0.2, -0.15) is 5.26 Å². The second-order valence-corrected chi connectivity index (χ2v) is 9.66. The molecule has 3 aromatic rings. The first-order valence-electron chi connectivity index (χ1n) is 11.8. The van der Waals surface area contributed by atoms with Crippen LogP contribution in [-0.4, -0.2) is 77.5 Å². The first-order valence-corrected chi connectivity index (χ1v) is 12.8. The Morgan fingerprint density at radius 2 is 2.25 bits per heavy atom. The number of nitrogens with zero attached hydrogens (tertiary/aromatic N) is 5. The van der Waals surface area contributed by atoms with E-state index in [9.17, 15) is 10.1 Å². The number of rotatable bonds is 8. The third kappa shape index (κ3) is 5.57. The summed E-state index contributed by atoms with van der Waals surface area (Å²) < 4.78 is 11.3. The second kappa shape index (κ2) is 11.2. The number of methoxy groups -OCH3 is 1. The van der Waals surface area contributed by atoms with Crippen LogP contribution in [0.3, 0.4) is 0 Å². The number of fused-ring (bicyclic) bond motifs is 2. The standard InChI is InChI=1S/C25H27N7O3S/c1-34-23-5-3-20-24(31-23)19(16(10-26)11-28-20)6-7-32-8-9-35-18(14-32)13-27-12-17-2-4-21-25(29-17)30-22(33)15-36-21/h2-5,11,18,27H,6-9,12-15H2,1H3,(H,29,30,33)/t18-/m0/s1. The topological polar surface area (TPSA) is 125 Å². The Kier molecular flexibility index (Phi) is 7.58. The Hall–Kier alpha value is -3.30. The zero-order chi connectivity index (χ0) is 24.9. The van der Waals surface area contributed by atoms with E-state index >= 15 is 0 Å². The van der Waals surface area contributed by atoms with Crippen LogP contribution in [-0.2, 0) is 22.5 Å². The number of carbonyl (C=O) groups excluding carboxylic acids is 1. The number of amides is 1. The van der Waals surface area contributed by atoms with Crippen LogP contribution >= 0.6 is 11.8 Å². The average Bonchev–Trinajstić information content (AvgIpc) is 2.91. The van der Waals surface area contributed by atoms with Gasteiger partial charge >= 0.3 is 0 Å². The maximum atomic E-state index is 11.6. The summed E-state index contributed by atoms with van der Waals surface area (Å²) in [6, 6.07) is 9.89. The summed E-state index contributed by atoms with van der Waals surface area (Å²) >= 11 is 1.51. The summed E-state index contributed by atoms with van der Waals surface area (Å²) in [7, 11) is 1.58. The van der Waals surface area contributed by atoms with Crippen molar-refractivity contribution < 1.29 is 14.3 Å². The number of morpholine rings is 1. The van der Waals surface area contributed by atoms with Crippen molar-refractivity contribution in [3.05, 3.63) is 47.3 Å². The fraction of sp³-hybridized carbons (Fsp3) is 0.400. The molecule has 3 aromatic heterocycles. The molecule has 1 atom stereocenters. The molecule has 5 rings (SSSR count). The molecule has 0 radical (unpaired) electrons. The zero-order valence-electron chi connectivity index (χ0n) is 20.0. The van der Waals surface area contributed by atoms with Gasteiger partial charge in [0.15, 0.2) is 0 Å². The lowest BCUT2D eigenvalue weighted by Crippen LogP contribution is -2.47. The number of thioether (sulfide) groups is 1. The molecule has 1 saturated heterocycles. The van der Waals surface area contributed by atoms with Crippen molar-refractivity contribution in [3.8, 4) is 11.9 Å². The van der Waals surface area contributed by atoms with Crippen LogP contribution in [0.15, 0.2) is 35.4 Å². The third-order valence-corrected chi connectivity index (χ3v) is 7.28. The number of carbonyl (C=O) groups is 1. The molecule has 0 unspecified atom stereocenters. The van der Waals surface area contributed by atoms with Gasteiger partial charge in [0.2, 0.25) is 11.8 Å². The largest absolute Gasteiger partial charge is 0.481 e. The van der Waals surface area contributed by atoms with Crippen LogP contribution in [0.25, 0.3) is 11.0 Å². The van der Waals surface area contributed by atoms with Gasteiger partial charge in [-0.3, -0.25) is 14.7 Å². The summed E-state index contributed by atoms with van der Waals surface area (Å²) in [6.45, 7) is 4.35. The number of anilines is 1. The zero-order valence-corrected chi connectivity index (χ0v) is 20.8. The highest BCUT2D eigenvalue weighted by Crippen LogP contribution is 2.29. The van der Waals surface area contributed by atoms with Crippen LogP contribution in [0, 0.1) is 11.3 Å². The van der Waals surface area contributed by atoms with Crippen LogP contribution in [0.4, 0.5) is 5.82 Å². The van der Waals surface area contributed by atoms with E-state index in [4.69, 9.17) is 9.47 Å². The van der Waals surface area contributed by atoms with Crippen molar-refractivity contribution in [2.75, 3.05) is 51.0 Å². The van der Waals surface area contributed by atoms with E-state index in [0.29, 0.717) is 54.6 Å². The molecule has 0 aromatic carbocycles. The quantitative estimate of drug-likeness (QED) is 0.469. The van der Waals surface area contributed by atoms with E-state index in [1.807, 2.05) is 18.2 Å². The molecule has 10 nitrogen and oxygen atoms in total. The smallest absolute Gasteiger partial charge is 0.235 e. The van der Waals surface area contributed by atoms with Gasteiger partial charge in [0, 0.05) is 50.6 Å². The maximum absolute atomic E-state index is 11.6. The Morgan fingerprint density at radius 3 is 3.11 bits per heavy atom. The summed E-state index contributed by atoms with van der Waals surface area (Å²) in [5.41, 5.74) is 3.78. The minimum atomic E-state index is -0.0163. The van der Waals surface area contributed by atoms with Crippen LogP contribution in [0.1, 0.15) is 16.8 Å². The molecule has 0 aliphatic carbocycles. The molecule has 2 aliphatic heterocycles. The number of pyridine rings is 3. The Morgan fingerprint density at radius 1 is 1.33 bits per heavy atom. The number of ether oxygens (including phenoxy) is 2. The number of aromatic nitrogens is 3. The van der Waals surface area contributed by atoms with E-state index in [1.165, 1.54) is 11.8 Å². The Labute approximate surface area is 213 Å². The van der Waals surface area contributed by atoms with E-state index in [1.54, 1.807) is 19.4 Å². The summed E-state index contributed by atoms with van der Waals surface area (Å²) in [5.74, 6) is 1.56. The van der Waals surface area contributed by atoms with Gasteiger partial charge in [-0.25, -0.2) is 9.97 Å². The van der Waals surface area contributed by atoms with Gasteiger partial charge in [-0.1, -0.05) is 0 Å². The number of nitriles is 1. The normalized spacial score (nSPS) is 17.9. The highest BCUT2D eigenvalue weighted by atomic mass is 32.2. The minimum Gasteiger partial charge on any atom is -0.481 e. The molecule has 1 amide bonds. The van der Waals surface area contributed by atoms with E-state index in [-0.39, 0.29) is 12.0 Å². The second-order valence-electron chi connectivity index (χ2n) is 8.64. The monoisotopic (exact) mass is 505 g/mol. The molecule has 5 heterocycles. The molecule has 11 heteroatoms. The molecule has 2 aliphatic rings. The molecular weight excluding hydrogens is 478 g/mol. The molecule has 36 heavy (non-hydrogen) atoms. The van der Waals surface area contributed by atoms with Crippen LogP contribution < -0.4 is 15.4 Å². The lowest BCUT2D eigenvalue weighted by molar-refractivity contribution is -0.113. The van der Waals surface area contributed by atoms with Gasteiger partial charge in [0.05, 0.1) is 52.8 Å². The van der Waals surface area contributed by atoms with E-state index < -0.39 is 0 Å². The molecule has 0 bridgehead atoms. The molecule has 2 N–H and O–H groups in total. The molecule has 0 spiro atoms. The maximum Gasteiger partial charge on any atom is 0.235 e. The predicted molar refractivity (Wildman–Crippen MR) is 136 cm³/mol. The first kappa shape index (κ1) is 24.4. The SMILES string of the molecule is COc1ccc2ncc(C#N)c(CCN3CCO[C@@H](CNCc4ccc5c(n4)NC(=O)CS5)C3)c2n1. The number of hydrogen-bond donors (Lipinski definition) is 2. The molecular formula is C25H27N7O3S. The van der Waals surface area contributed by atoms with E-state index in [0.717, 1.165) is 41.3 Å². The van der Waals surface area contributed by atoms with Gasteiger partial charge < -0.3 is 20.1 Å². The highest BCUT2D eigenvalue weighted by molar-refractivity contribution is 8.00. The summed E-state index contributed by atoms with van der Waals surface area (Å²) in [6.07, 6.45) is 2.36. The van der Waals surface area contributed by atoms with E-state index in [2.05, 4.69) is 36.6 Å². The molecule has 0 saturated carbocycles. The van der Waals surface area contributed by atoms with Crippen molar-refractivity contribution in [1.82, 2.24) is 25.2 Å².